The predicted molar refractivity (Wildman–Crippen MR) is 87.2 cm³/mol. The Hall–Kier alpha value is -2.55. The van der Waals surface area contributed by atoms with Crippen molar-refractivity contribution >= 4 is 29.0 Å². The van der Waals surface area contributed by atoms with Crippen LogP contribution in [0.5, 0.6) is 0 Å². The maximum Gasteiger partial charge on any atom is 0.416 e. The Labute approximate surface area is 144 Å². The summed E-state index contributed by atoms with van der Waals surface area (Å²) in [6.45, 7) is 0. The Morgan fingerprint density at radius 3 is 2.56 bits per heavy atom. The number of carbonyl (C=O) groups excluding carboxylic acids is 1. The van der Waals surface area contributed by atoms with Crippen LogP contribution in [0.3, 0.4) is 0 Å². The average Bonchev–Trinajstić information content (AvgIpc) is 2.96. The molecule has 0 N–H and O–H groups in total. The van der Waals surface area contributed by atoms with E-state index in [-0.39, 0.29) is 23.0 Å². The molecule has 0 aliphatic carbocycles. The quantitative estimate of drug-likeness (QED) is 0.595. The maximum atomic E-state index is 12.9. The molecule has 0 spiro atoms. The lowest BCUT2D eigenvalue weighted by Gasteiger charge is -2.25. The van der Waals surface area contributed by atoms with Crippen LogP contribution < -0.4 is 4.90 Å². The minimum absolute atomic E-state index is 0.0869. The SMILES string of the molecule is O=C1CS[C@@H](c2cccc([N+](=O)[O-])c2)N1c1cccc(C(F)(F)F)c1. The van der Waals surface area contributed by atoms with Crippen LogP contribution in [-0.4, -0.2) is 16.6 Å². The summed E-state index contributed by atoms with van der Waals surface area (Å²) in [5.74, 6) is -0.260. The van der Waals surface area contributed by atoms with E-state index in [0.29, 0.717) is 5.56 Å². The molecular weight excluding hydrogens is 357 g/mol. The second kappa shape index (κ2) is 6.40. The van der Waals surface area contributed by atoms with Crippen molar-refractivity contribution in [1.29, 1.82) is 0 Å². The summed E-state index contributed by atoms with van der Waals surface area (Å²) in [4.78, 5) is 23.9. The first-order chi connectivity index (χ1) is 11.8. The number of benzene rings is 2. The van der Waals surface area contributed by atoms with E-state index in [2.05, 4.69) is 0 Å². The number of hydrogen-bond donors (Lipinski definition) is 0. The molecule has 1 aliphatic rings. The van der Waals surface area contributed by atoms with E-state index in [1.54, 1.807) is 6.07 Å². The number of thioether (sulfide) groups is 1. The van der Waals surface area contributed by atoms with Gasteiger partial charge in [0, 0.05) is 17.8 Å². The molecule has 0 aromatic heterocycles. The van der Waals surface area contributed by atoms with Gasteiger partial charge in [-0.1, -0.05) is 18.2 Å². The van der Waals surface area contributed by atoms with Gasteiger partial charge in [-0.05, 0) is 23.8 Å². The van der Waals surface area contributed by atoms with Crippen molar-refractivity contribution in [3.63, 3.8) is 0 Å². The molecule has 130 valence electrons. The van der Waals surface area contributed by atoms with E-state index in [9.17, 15) is 28.1 Å². The molecule has 2 aromatic rings. The monoisotopic (exact) mass is 368 g/mol. The molecule has 0 radical (unpaired) electrons. The van der Waals surface area contributed by atoms with E-state index >= 15 is 0 Å². The standard InChI is InChI=1S/C16H11F3N2O3S/c17-16(18,19)11-4-2-5-12(8-11)20-14(22)9-25-15(20)10-3-1-6-13(7-10)21(23)24/h1-8,15H,9H2/t15-/m0/s1. The van der Waals surface area contributed by atoms with Gasteiger partial charge in [-0.3, -0.25) is 19.8 Å². The minimum Gasteiger partial charge on any atom is -0.295 e. The number of anilines is 1. The van der Waals surface area contributed by atoms with Crippen molar-refractivity contribution in [1.82, 2.24) is 0 Å². The van der Waals surface area contributed by atoms with Crippen LogP contribution in [0.4, 0.5) is 24.5 Å². The minimum atomic E-state index is -4.52. The Bertz CT molecular complexity index is 841. The van der Waals surface area contributed by atoms with Gasteiger partial charge in [0.05, 0.1) is 16.2 Å². The van der Waals surface area contributed by atoms with Gasteiger partial charge >= 0.3 is 6.18 Å². The van der Waals surface area contributed by atoms with Gasteiger partial charge in [-0.25, -0.2) is 0 Å². The molecule has 25 heavy (non-hydrogen) atoms. The van der Waals surface area contributed by atoms with Gasteiger partial charge in [0.1, 0.15) is 5.37 Å². The number of carbonyl (C=O) groups is 1. The number of halogens is 3. The van der Waals surface area contributed by atoms with E-state index in [1.165, 1.54) is 47.0 Å². The van der Waals surface area contributed by atoms with Crippen molar-refractivity contribution in [2.75, 3.05) is 10.7 Å². The third-order valence-electron chi connectivity index (χ3n) is 3.69. The molecule has 9 heteroatoms. The number of alkyl halides is 3. The summed E-state index contributed by atoms with van der Waals surface area (Å²) >= 11 is 1.21. The summed E-state index contributed by atoms with van der Waals surface area (Å²) in [7, 11) is 0. The summed E-state index contributed by atoms with van der Waals surface area (Å²) in [5, 5.41) is 10.3. The highest BCUT2D eigenvalue weighted by molar-refractivity contribution is 8.00. The van der Waals surface area contributed by atoms with Crippen LogP contribution >= 0.6 is 11.8 Å². The molecule has 1 atom stereocenters. The highest BCUT2D eigenvalue weighted by atomic mass is 32.2. The molecule has 2 aromatic carbocycles. The highest BCUT2D eigenvalue weighted by Gasteiger charge is 2.36. The lowest BCUT2D eigenvalue weighted by Crippen LogP contribution is -2.28. The second-order valence-electron chi connectivity index (χ2n) is 5.33. The molecule has 1 heterocycles. The summed E-state index contributed by atoms with van der Waals surface area (Å²) in [5.41, 5.74) is -0.391. The van der Waals surface area contributed by atoms with Crippen molar-refractivity contribution < 1.29 is 22.9 Å². The second-order valence-corrected chi connectivity index (χ2v) is 6.40. The van der Waals surface area contributed by atoms with Gasteiger partial charge in [0.25, 0.3) is 5.69 Å². The lowest BCUT2D eigenvalue weighted by molar-refractivity contribution is -0.384. The molecular formula is C16H11F3N2O3S. The fraction of sp³-hybridized carbons (Fsp3) is 0.188. The lowest BCUT2D eigenvalue weighted by atomic mass is 10.1. The Morgan fingerprint density at radius 1 is 1.16 bits per heavy atom. The summed E-state index contributed by atoms with van der Waals surface area (Å²) in [6.07, 6.45) is -4.52. The van der Waals surface area contributed by atoms with Gasteiger partial charge in [0.15, 0.2) is 0 Å². The number of amides is 1. The zero-order valence-corrected chi connectivity index (χ0v) is 13.4. The Kier molecular flexibility index (Phi) is 4.42. The van der Waals surface area contributed by atoms with Gasteiger partial charge < -0.3 is 0 Å². The topological polar surface area (TPSA) is 63.4 Å². The normalized spacial score (nSPS) is 17.8. The van der Waals surface area contributed by atoms with E-state index < -0.39 is 22.0 Å². The molecule has 1 aliphatic heterocycles. The fourth-order valence-corrected chi connectivity index (χ4v) is 3.74. The Morgan fingerprint density at radius 2 is 1.88 bits per heavy atom. The largest absolute Gasteiger partial charge is 0.416 e. The van der Waals surface area contributed by atoms with Gasteiger partial charge in [-0.2, -0.15) is 13.2 Å². The van der Waals surface area contributed by atoms with E-state index in [1.807, 2.05) is 0 Å². The van der Waals surface area contributed by atoms with Crippen LogP contribution in [0.25, 0.3) is 0 Å². The van der Waals surface area contributed by atoms with Gasteiger partial charge in [0.2, 0.25) is 5.91 Å². The first-order valence-electron chi connectivity index (χ1n) is 7.12. The summed E-state index contributed by atoms with van der Waals surface area (Å²) in [6, 6.07) is 10.2. The molecule has 3 rings (SSSR count). The summed E-state index contributed by atoms with van der Waals surface area (Å²) < 4.78 is 38.8. The highest BCUT2D eigenvalue weighted by Crippen LogP contribution is 2.43. The molecule has 1 saturated heterocycles. The first-order valence-corrected chi connectivity index (χ1v) is 8.17. The maximum absolute atomic E-state index is 12.9. The van der Waals surface area contributed by atoms with Crippen LogP contribution in [0.1, 0.15) is 16.5 Å². The number of nitro groups is 1. The third kappa shape index (κ3) is 3.46. The Balaban J connectivity index is 2.01. The van der Waals surface area contributed by atoms with Crippen LogP contribution in [0.15, 0.2) is 48.5 Å². The molecule has 5 nitrogen and oxygen atoms in total. The number of hydrogen-bond acceptors (Lipinski definition) is 4. The zero-order valence-electron chi connectivity index (χ0n) is 12.6. The fourth-order valence-electron chi connectivity index (χ4n) is 2.57. The van der Waals surface area contributed by atoms with Crippen molar-refractivity contribution in [2.45, 2.75) is 11.6 Å². The smallest absolute Gasteiger partial charge is 0.295 e. The van der Waals surface area contributed by atoms with Crippen LogP contribution in [-0.2, 0) is 11.0 Å². The van der Waals surface area contributed by atoms with Crippen LogP contribution in [0.2, 0.25) is 0 Å². The zero-order chi connectivity index (χ0) is 18.2. The van der Waals surface area contributed by atoms with Crippen molar-refractivity contribution in [3.05, 3.63) is 69.8 Å². The number of rotatable bonds is 3. The first kappa shape index (κ1) is 17.3. The molecule has 0 unspecified atom stereocenters. The average molecular weight is 368 g/mol. The van der Waals surface area contributed by atoms with Crippen molar-refractivity contribution in [2.24, 2.45) is 0 Å². The number of non-ortho nitro benzene ring substituents is 1. The third-order valence-corrected chi connectivity index (χ3v) is 4.90. The van der Waals surface area contributed by atoms with Crippen molar-refractivity contribution in [3.8, 4) is 0 Å². The molecule has 1 fully saturated rings. The van der Waals surface area contributed by atoms with E-state index in [4.69, 9.17) is 0 Å². The molecule has 0 saturated carbocycles. The van der Waals surface area contributed by atoms with Crippen LogP contribution in [0, 0.1) is 10.1 Å². The molecule has 1 amide bonds. The number of nitrogens with zero attached hydrogens (tertiary/aromatic N) is 2. The predicted octanol–water partition coefficient (Wildman–Crippen LogP) is 4.39. The van der Waals surface area contributed by atoms with Gasteiger partial charge in [-0.15, -0.1) is 11.8 Å². The molecule has 0 bridgehead atoms. The van der Waals surface area contributed by atoms with E-state index in [0.717, 1.165) is 12.1 Å². The number of nitro benzene ring substituents is 1.